The van der Waals surface area contributed by atoms with Crippen LogP contribution in [-0.4, -0.2) is 74.8 Å². The summed E-state index contributed by atoms with van der Waals surface area (Å²) >= 11 is 0. The summed E-state index contributed by atoms with van der Waals surface area (Å²) in [5.74, 6) is -1.37. The number of aromatic hydroxyl groups is 4. The first-order valence-electron chi connectivity index (χ1n) is 16.4. The first-order valence-corrected chi connectivity index (χ1v) is 16.4. The topological polar surface area (TPSA) is 254 Å². The summed E-state index contributed by atoms with van der Waals surface area (Å²) in [7, 11) is 0. The summed E-state index contributed by atoms with van der Waals surface area (Å²) < 4.78 is 7.32. The van der Waals surface area contributed by atoms with E-state index >= 15 is 0 Å². The second-order valence-electron chi connectivity index (χ2n) is 11.2. The number of nitrogens with zero attached hydrogens (tertiary/aromatic N) is 8. The second-order valence-corrected chi connectivity index (χ2v) is 11.2. The summed E-state index contributed by atoms with van der Waals surface area (Å²) in [4.78, 5) is 41.1. The number of hydrogen-bond acceptors (Lipinski definition) is 14. The number of rotatable bonds is 11. The molecule has 0 aliphatic rings. The van der Waals surface area contributed by atoms with Crippen LogP contribution < -0.4 is 0 Å². The van der Waals surface area contributed by atoms with Gasteiger partial charge in [0.25, 0.3) is 11.4 Å². The van der Waals surface area contributed by atoms with Crippen LogP contribution in [-0.2, 0) is 27.9 Å². The number of ether oxygens (including phenoxy) is 1. The number of carbonyl (C=O) groups excluding carboxylic acids is 1. The Morgan fingerprint density at radius 2 is 1.12 bits per heavy atom. The van der Waals surface area contributed by atoms with Gasteiger partial charge in [0, 0.05) is 53.5 Å². The van der Waals surface area contributed by atoms with Crippen LogP contribution in [0, 0.1) is 20.2 Å². The Balaban J connectivity index is 0.000000246. The van der Waals surface area contributed by atoms with Crippen molar-refractivity contribution >= 4 is 41.1 Å². The molecular weight excluding hydrogens is 775 g/mol. The van der Waals surface area contributed by atoms with Gasteiger partial charge in [-0.1, -0.05) is 31.2 Å². The summed E-state index contributed by atoms with van der Waals surface area (Å²) in [6.45, 7) is 3.61. The van der Waals surface area contributed by atoms with Crippen LogP contribution in [0.15, 0.2) is 107 Å². The molecule has 0 saturated heterocycles. The van der Waals surface area contributed by atoms with Crippen LogP contribution in [0.4, 0.5) is 22.7 Å². The molecule has 6 aromatic rings. The van der Waals surface area contributed by atoms with Crippen molar-refractivity contribution in [2.45, 2.75) is 20.3 Å². The third-order valence-electron chi connectivity index (χ3n) is 7.71. The second kappa shape index (κ2) is 18.6. The van der Waals surface area contributed by atoms with Gasteiger partial charge in [-0.25, -0.2) is 9.48 Å². The quantitative estimate of drug-likeness (QED) is 0.0466. The molecule has 0 bridgehead atoms. The Morgan fingerprint density at radius 3 is 1.55 bits per heavy atom. The molecule has 2 heterocycles. The van der Waals surface area contributed by atoms with E-state index in [1.54, 1.807) is 43.3 Å². The van der Waals surface area contributed by atoms with Gasteiger partial charge in [0.15, 0.2) is 5.69 Å². The number of aromatic nitrogens is 4. The van der Waals surface area contributed by atoms with Crippen molar-refractivity contribution in [2.24, 2.45) is 9.98 Å². The molecule has 0 spiro atoms. The number of aliphatic imine (C=N–C) groups is 2. The zero-order chi connectivity index (χ0) is 39.6. The monoisotopic (exact) mass is 807 g/mol. The van der Waals surface area contributed by atoms with Gasteiger partial charge in [0.2, 0.25) is 11.8 Å². The number of hydrogen-bond donors (Lipinski definition) is 4. The van der Waals surface area contributed by atoms with E-state index in [0.717, 1.165) is 4.68 Å². The van der Waals surface area contributed by atoms with Gasteiger partial charge in [-0.3, -0.25) is 30.2 Å². The normalized spacial score (nSPS) is 10.8. The SMILES string of the molecule is CCOC(=O)c1nn(-c2ccc([N+](=O)[O-])cc2)c(O)c1C=Nc1ccccc1O.CCc1nn(-c2ccc([N+](=O)[O-])cc2)c(O)c1C=Nc1ccccc1O.[Co]. The fraction of sp³-hybridized carbons (Fsp3) is 0.108. The number of benzene rings is 4. The minimum Gasteiger partial charge on any atom is -0.506 e. The molecular formula is C37H32CoN8O10. The number of para-hydroxylation sites is 4. The molecule has 1 radical (unpaired) electrons. The molecule has 0 fully saturated rings. The maximum Gasteiger partial charge on any atom is 0.359 e. The number of non-ortho nitro benzene ring substituents is 2. The smallest absolute Gasteiger partial charge is 0.359 e. The van der Waals surface area contributed by atoms with E-state index in [1.165, 1.54) is 77.8 Å². The van der Waals surface area contributed by atoms with Crippen LogP contribution in [0.3, 0.4) is 0 Å². The summed E-state index contributed by atoms with van der Waals surface area (Å²) in [5.41, 5.74) is 2.03. The first-order chi connectivity index (χ1) is 26.4. The average molecular weight is 808 g/mol. The maximum absolute atomic E-state index is 12.3. The molecule has 19 heteroatoms. The molecule has 2 aromatic heterocycles. The molecule has 0 saturated carbocycles. The predicted molar refractivity (Wildman–Crippen MR) is 200 cm³/mol. The van der Waals surface area contributed by atoms with E-state index in [2.05, 4.69) is 20.2 Å². The van der Waals surface area contributed by atoms with Gasteiger partial charge in [-0.15, -0.1) is 0 Å². The van der Waals surface area contributed by atoms with Gasteiger partial charge < -0.3 is 25.2 Å². The number of nitro groups is 2. The number of aryl methyl sites for hydroxylation is 1. The van der Waals surface area contributed by atoms with Crippen molar-refractivity contribution in [2.75, 3.05) is 6.61 Å². The molecule has 0 aliphatic carbocycles. The van der Waals surface area contributed by atoms with Crippen molar-refractivity contribution in [3.8, 4) is 34.6 Å². The molecule has 289 valence electrons. The van der Waals surface area contributed by atoms with Crippen LogP contribution >= 0.6 is 0 Å². The summed E-state index contributed by atoms with van der Waals surface area (Å²) in [6.07, 6.45) is 3.18. The number of nitro benzene ring substituents is 2. The van der Waals surface area contributed by atoms with E-state index in [4.69, 9.17) is 4.74 Å². The number of esters is 1. The number of carbonyl (C=O) groups is 1. The van der Waals surface area contributed by atoms with Gasteiger partial charge in [0.1, 0.15) is 22.9 Å². The van der Waals surface area contributed by atoms with Gasteiger partial charge in [0.05, 0.1) is 44.6 Å². The first kappa shape index (κ1) is 41.4. The third-order valence-corrected chi connectivity index (χ3v) is 7.71. The largest absolute Gasteiger partial charge is 0.506 e. The van der Waals surface area contributed by atoms with E-state index in [0.29, 0.717) is 34.7 Å². The zero-order valence-electron chi connectivity index (χ0n) is 29.5. The molecule has 4 aromatic carbocycles. The fourth-order valence-electron chi connectivity index (χ4n) is 4.95. The van der Waals surface area contributed by atoms with Crippen LogP contribution in [0.2, 0.25) is 0 Å². The van der Waals surface area contributed by atoms with Crippen molar-refractivity contribution in [3.63, 3.8) is 0 Å². The average Bonchev–Trinajstić information content (AvgIpc) is 3.69. The van der Waals surface area contributed by atoms with Crippen molar-refractivity contribution in [3.05, 3.63) is 140 Å². The Morgan fingerprint density at radius 1 is 0.696 bits per heavy atom. The molecule has 56 heavy (non-hydrogen) atoms. The standard InChI is InChI=1S/C19H16N4O6.C18H16N4O4.Co/c1-2-29-19(26)17-14(11-20-15-5-3-4-6-16(15)24)18(25)22(21-17)12-7-9-13(10-8-12)23(27)28;1-2-15-14(11-19-16-5-3-4-6-17(16)23)18(24)21(20-15)12-7-9-13(10-8-12)22(25)26;/h3-11,24-25H,2H2,1H3;3-11,23-24H,2H2,1H3;. The summed E-state index contributed by atoms with van der Waals surface area (Å²) in [5, 5.41) is 70.8. The van der Waals surface area contributed by atoms with E-state index in [9.17, 15) is 45.4 Å². The summed E-state index contributed by atoms with van der Waals surface area (Å²) in [6, 6.07) is 23.8. The van der Waals surface area contributed by atoms with Crippen LogP contribution in [0.25, 0.3) is 11.4 Å². The Hall–Kier alpha value is -7.38. The molecule has 18 nitrogen and oxygen atoms in total. The van der Waals surface area contributed by atoms with Gasteiger partial charge in [-0.2, -0.15) is 14.9 Å². The molecule has 6 rings (SSSR count). The van der Waals surface area contributed by atoms with Crippen molar-refractivity contribution < 1.29 is 56.6 Å². The van der Waals surface area contributed by atoms with Gasteiger partial charge >= 0.3 is 5.97 Å². The Labute approximate surface area is 327 Å². The third kappa shape index (κ3) is 9.39. The minimum absolute atomic E-state index is 0. The van der Waals surface area contributed by atoms with Crippen molar-refractivity contribution in [1.29, 1.82) is 0 Å². The predicted octanol–water partition coefficient (Wildman–Crippen LogP) is 6.62. The Kier molecular flexibility index (Phi) is 13.7. The maximum atomic E-state index is 12.3. The zero-order valence-corrected chi connectivity index (χ0v) is 30.5. The number of phenolic OH excluding ortho intramolecular Hbond substituents is 2. The molecule has 4 N–H and O–H groups in total. The van der Waals surface area contributed by atoms with E-state index in [-0.39, 0.29) is 69.1 Å². The van der Waals surface area contributed by atoms with Gasteiger partial charge in [-0.05, 0) is 61.9 Å². The molecule has 0 aliphatic heterocycles. The van der Waals surface area contributed by atoms with Crippen LogP contribution in [0.1, 0.15) is 41.2 Å². The Bertz CT molecular complexity index is 2410. The molecule has 0 unspecified atom stereocenters. The van der Waals surface area contributed by atoms with Crippen molar-refractivity contribution in [1.82, 2.24) is 19.6 Å². The fourth-order valence-corrected chi connectivity index (χ4v) is 4.95. The molecule has 0 amide bonds. The van der Waals surface area contributed by atoms with Crippen LogP contribution in [0.5, 0.6) is 23.3 Å². The van der Waals surface area contributed by atoms with E-state index in [1.807, 2.05) is 6.92 Å². The molecule has 0 atom stereocenters. The number of phenols is 2. The minimum atomic E-state index is -0.776. The van der Waals surface area contributed by atoms with E-state index < -0.39 is 21.7 Å².